The lowest BCUT2D eigenvalue weighted by Crippen LogP contribution is -2.51. The molecule has 2 aliphatic rings. The van der Waals surface area contributed by atoms with Crippen molar-refractivity contribution in [3.63, 3.8) is 0 Å². The molecule has 2 fully saturated rings. The summed E-state index contributed by atoms with van der Waals surface area (Å²) >= 11 is 0. The Hall–Kier alpha value is -2.48. The van der Waals surface area contributed by atoms with Crippen molar-refractivity contribution in [2.75, 3.05) is 57.3 Å². The number of nitrogens with zero attached hydrogens (tertiary/aromatic N) is 4. The van der Waals surface area contributed by atoms with E-state index in [0.29, 0.717) is 38.2 Å². The number of nitrogens with two attached hydrogens (primary N) is 1. The zero-order valence-corrected chi connectivity index (χ0v) is 18.3. The van der Waals surface area contributed by atoms with E-state index in [1.54, 1.807) is 4.90 Å². The van der Waals surface area contributed by atoms with Gasteiger partial charge in [-0.05, 0) is 38.8 Å². The molecule has 1 atom stereocenters. The van der Waals surface area contributed by atoms with Gasteiger partial charge in [0, 0.05) is 57.0 Å². The SMILES string of the molecule is CCOC(=O)N1CCC(NC(N)=NCC(C)N2CCN(c3ccccc3)CC2)CC1. The van der Waals surface area contributed by atoms with Crippen molar-refractivity contribution in [3.05, 3.63) is 30.3 Å². The largest absolute Gasteiger partial charge is 0.450 e. The smallest absolute Gasteiger partial charge is 0.409 e. The molecule has 2 aliphatic heterocycles. The zero-order valence-electron chi connectivity index (χ0n) is 18.3. The lowest BCUT2D eigenvalue weighted by Gasteiger charge is -2.38. The number of hydrogen-bond donors (Lipinski definition) is 2. The molecule has 8 nitrogen and oxygen atoms in total. The quantitative estimate of drug-likeness (QED) is 0.543. The van der Waals surface area contributed by atoms with Gasteiger partial charge in [0.2, 0.25) is 0 Å². The molecule has 0 aliphatic carbocycles. The van der Waals surface area contributed by atoms with Gasteiger partial charge >= 0.3 is 6.09 Å². The topological polar surface area (TPSA) is 86.4 Å². The predicted molar refractivity (Wildman–Crippen MR) is 121 cm³/mol. The number of amides is 1. The van der Waals surface area contributed by atoms with Gasteiger partial charge in [0.15, 0.2) is 5.96 Å². The Balaban J connectivity index is 1.37. The third-order valence-corrected chi connectivity index (χ3v) is 5.96. The number of ether oxygens (including phenoxy) is 1. The molecule has 1 unspecified atom stereocenters. The van der Waals surface area contributed by atoms with Crippen molar-refractivity contribution in [3.8, 4) is 0 Å². The van der Waals surface area contributed by atoms with Crippen LogP contribution in [0.2, 0.25) is 0 Å². The first-order chi connectivity index (χ1) is 14.6. The van der Waals surface area contributed by atoms with Gasteiger partial charge in [-0.2, -0.15) is 0 Å². The molecule has 3 rings (SSSR count). The van der Waals surface area contributed by atoms with Crippen LogP contribution in [0.3, 0.4) is 0 Å². The van der Waals surface area contributed by atoms with E-state index in [1.165, 1.54) is 5.69 Å². The van der Waals surface area contributed by atoms with Crippen LogP contribution in [0.1, 0.15) is 26.7 Å². The number of hydrogen-bond acceptors (Lipinski definition) is 5. The number of piperazine rings is 1. The first-order valence-corrected chi connectivity index (χ1v) is 11.1. The minimum Gasteiger partial charge on any atom is -0.450 e. The van der Waals surface area contributed by atoms with E-state index in [2.05, 4.69) is 57.4 Å². The lowest BCUT2D eigenvalue weighted by atomic mass is 10.1. The number of aliphatic imine (C=N–C) groups is 1. The van der Waals surface area contributed by atoms with Crippen molar-refractivity contribution >= 4 is 17.7 Å². The van der Waals surface area contributed by atoms with Crippen LogP contribution in [0.5, 0.6) is 0 Å². The second-order valence-electron chi connectivity index (χ2n) is 8.04. The molecular formula is C22H36N6O2. The van der Waals surface area contributed by atoms with Gasteiger partial charge in [-0.1, -0.05) is 18.2 Å². The summed E-state index contributed by atoms with van der Waals surface area (Å²) in [4.78, 5) is 23.0. The second-order valence-corrected chi connectivity index (χ2v) is 8.04. The van der Waals surface area contributed by atoms with E-state index >= 15 is 0 Å². The summed E-state index contributed by atoms with van der Waals surface area (Å²) in [7, 11) is 0. The highest BCUT2D eigenvalue weighted by Gasteiger charge is 2.24. The van der Waals surface area contributed by atoms with Crippen LogP contribution >= 0.6 is 0 Å². The first kappa shape index (κ1) is 22.2. The van der Waals surface area contributed by atoms with Gasteiger partial charge in [-0.15, -0.1) is 0 Å². The number of benzene rings is 1. The molecular weight excluding hydrogens is 380 g/mol. The monoisotopic (exact) mass is 416 g/mol. The summed E-state index contributed by atoms with van der Waals surface area (Å²) < 4.78 is 5.06. The number of carbonyl (C=O) groups excluding carboxylic acids is 1. The Bertz CT molecular complexity index is 682. The van der Waals surface area contributed by atoms with E-state index in [9.17, 15) is 4.79 Å². The Kier molecular flexibility index (Phi) is 8.19. The maximum absolute atomic E-state index is 11.8. The number of anilines is 1. The molecule has 166 valence electrons. The van der Waals surface area contributed by atoms with Gasteiger partial charge in [-0.25, -0.2) is 4.79 Å². The van der Waals surface area contributed by atoms with Crippen molar-refractivity contribution in [1.82, 2.24) is 15.1 Å². The minimum absolute atomic E-state index is 0.223. The summed E-state index contributed by atoms with van der Waals surface area (Å²) in [5, 5.41) is 3.32. The average molecular weight is 417 g/mol. The van der Waals surface area contributed by atoms with Crippen LogP contribution in [-0.2, 0) is 4.74 Å². The van der Waals surface area contributed by atoms with Gasteiger partial charge in [0.1, 0.15) is 0 Å². The van der Waals surface area contributed by atoms with Crippen molar-refractivity contribution in [2.45, 2.75) is 38.8 Å². The lowest BCUT2D eigenvalue weighted by molar-refractivity contribution is 0.0963. The highest BCUT2D eigenvalue weighted by atomic mass is 16.6. The zero-order chi connectivity index (χ0) is 21.3. The fourth-order valence-electron chi connectivity index (χ4n) is 4.08. The molecule has 1 amide bonds. The highest BCUT2D eigenvalue weighted by Crippen LogP contribution is 2.16. The second kappa shape index (κ2) is 11.1. The number of rotatable bonds is 6. The standard InChI is InChI=1S/C22H36N6O2/c1-3-30-22(29)28-11-9-19(10-12-28)25-21(23)24-17-18(2)26-13-15-27(16-14-26)20-7-5-4-6-8-20/h4-8,18-19H,3,9-17H2,1-2H3,(H3,23,24,25). The summed E-state index contributed by atoms with van der Waals surface area (Å²) in [5.74, 6) is 0.499. The maximum atomic E-state index is 11.8. The van der Waals surface area contributed by atoms with Crippen LogP contribution in [-0.4, -0.2) is 86.4 Å². The molecule has 0 bridgehead atoms. The third kappa shape index (κ3) is 6.26. The van der Waals surface area contributed by atoms with Crippen LogP contribution in [0.25, 0.3) is 0 Å². The number of nitrogens with one attached hydrogen (secondary N) is 1. The van der Waals surface area contributed by atoms with Gasteiger partial charge in [-0.3, -0.25) is 9.89 Å². The number of carbonyl (C=O) groups is 1. The molecule has 0 saturated carbocycles. The summed E-state index contributed by atoms with van der Waals surface area (Å²) in [6.07, 6.45) is 1.48. The van der Waals surface area contributed by atoms with E-state index < -0.39 is 0 Å². The first-order valence-electron chi connectivity index (χ1n) is 11.1. The van der Waals surface area contributed by atoms with Crippen molar-refractivity contribution < 1.29 is 9.53 Å². The molecule has 1 aromatic rings. The van der Waals surface area contributed by atoms with E-state index in [1.807, 2.05) is 6.92 Å². The van der Waals surface area contributed by atoms with Gasteiger partial charge in [0.25, 0.3) is 0 Å². The molecule has 0 aromatic heterocycles. The molecule has 3 N–H and O–H groups in total. The van der Waals surface area contributed by atoms with Crippen LogP contribution in [0.4, 0.5) is 10.5 Å². The number of guanidine groups is 1. The Morgan fingerprint density at radius 2 is 1.83 bits per heavy atom. The van der Waals surface area contributed by atoms with Crippen LogP contribution in [0, 0.1) is 0 Å². The van der Waals surface area contributed by atoms with E-state index in [-0.39, 0.29) is 12.1 Å². The predicted octanol–water partition coefficient (Wildman–Crippen LogP) is 1.72. The minimum atomic E-state index is -0.223. The molecule has 8 heteroatoms. The molecule has 2 saturated heterocycles. The maximum Gasteiger partial charge on any atom is 0.409 e. The Labute approximate surface area is 180 Å². The molecule has 0 spiro atoms. The third-order valence-electron chi connectivity index (χ3n) is 5.96. The number of piperidine rings is 1. The van der Waals surface area contributed by atoms with E-state index in [4.69, 9.17) is 10.5 Å². The molecule has 30 heavy (non-hydrogen) atoms. The molecule has 1 aromatic carbocycles. The summed E-state index contributed by atoms with van der Waals surface area (Å²) in [5.41, 5.74) is 7.43. The fourth-order valence-corrected chi connectivity index (χ4v) is 4.08. The van der Waals surface area contributed by atoms with Crippen LogP contribution in [0.15, 0.2) is 35.3 Å². The summed E-state index contributed by atoms with van der Waals surface area (Å²) in [6, 6.07) is 11.2. The van der Waals surface area contributed by atoms with Crippen LogP contribution < -0.4 is 16.0 Å². The van der Waals surface area contributed by atoms with Crippen molar-refractivity contribution in [1.29, 1.82) is 0 Å². The average Bonchev–Trinajstić information content (AvgIpc) is 2.79. The summed E-state index contributed by atoms with van der Waals surface area (Å²) in [6.45, 7) is 10.6. The molecule has 0 radical (unpaired) electrons. The molecule has 2 heterocycles. The number of para-hydroxylation sites is 1. The van der Waals surface area contributed by atoms with E-state index in [0.717, 1.165) is 39.0 Å². The van der Waals surface area contributed by atoms with Crippen molar-refractivity contribution in [2.24, 2.45) is 10.7 Å². The van der Waals surface area contributed by atoms with Gasteiger partial charge < -0.3 is 25.6 Å². The highest BCUT2D eigenvalue weighted by molar-refractivity contribution is 5.78. The van der Waals surface area contributed by atoms with Gasteiger partial charge in [0.05, 0.1) is 13.2 Å². The number of likely N-dealkylation sites (tertiary alicyclic amines) is 1. The Morgan fingerprint density at radius 3 is 2.47 bits per heavy atom. The fraction of sp³-hybridized carbons (Fsp3) is 0.636. The Morgan fingerprint density at radius 1 is 1.17 bits per heavy atom. The normalized spacial score (nSPS) is 20.1.